The van der Waals surface area contributed by atoms with Gasteiger partial charge in [0.05, 0.1) is 0 Å². The molecular formula is C31H42ClN3O2. The molecule has 0 unspecified atom stereocenters. The molecule has 0 atom stereocenters. The van der Waals surface area contributed by atoms with Crippen LogP contribution in [0.1, 0.15) is 93.2 Å². The molecule has 0 aliphatic heterocycles. The summed E-state index contributed by atoms with van der Waals surface area (Å²) in [5.41, 5.74) is 3.07. The second kappa shape index (κ2) is 10.6. The Kier molecular flexibility index (Phi) is 8.28. The molecule has 0 fully saturated rings. The van der Waals surface area contributed by atoms with Crippen molar-refractivity contribution in [3.05, 3.63) is 64.9 Å². The van der Waals surface area contributed by atoms with Gasteiger partial charge in [-0.2, -0.15) is 9.97 Å². The first-order chi connectivity index (χ1) is 16.9. The molecular weight excluding hydrogens is 482 g/mol. The Morgan fingerprint density at radius 2 is 0.865 bits per heavy atom. The van der Waals surface area contributed by atoms with Gasteiger partial charge < -0.3 is 9.47 Å². The van der Waals surface area contributed by atoms with Gasteiger partial charge in [0.15, 0.2) is 0 Å². The van der Waals surface area contributed by atoms with Crippen LogP contribution in [0.5, 0.6) is 23.5 Å². The van der Waals surface area contributed by atoms with Crippen LogP contribution >= 0.6 is 11.6 Å². The van der Waals surface area contributed by atoms with E-state index in [-0.39, 0.29) is 39.0 Å². The molecule has 2 aromatic carbocycles. The molecule has 0 aliphatic carbocycles. The Hall–Kier alpha value is -2.66. The Morgan fingerprint density at radius 3 is 1.16 bits per heavy atom. The third-order valence-electron chi connectivity index (χ3n) is 6.20. The molecule has 1 heterocycles. The summed E-state index contributed by atoms with van der Waals surface area (Å²) in [4.78, 5) is 12.5. The van der Waals surface area contributed by atoms with E-state index in [9.17, 15) is 0 Å². The average molecular weight is 524 g/mol. The molecule has 0 saturated carbocycles. The van der Waals surface area contributed by atoms with Gasteiger partial charge in [0.25, 0.3) is 0 Å². The first kappa shape index (κ1) is 28.9. The zero-order valence-corrected chi connectivity index (χ0v) is 24.8. The highest BCUT2D eigenvalue weighted by Gasteiger charge is 2.28. The largest absolute Gasteiger partial charge is 0.424 e. The quantitative estimate of drug-likeness (QED) is 0.294. The Bertz CT molecular complexity index is 1100. The van der Waals surface area contributed by atoms with Gasteiger partial charge in [-0.1, -0.05) is 93.5 Å². The fourth-order valence-corrected chi connectivity index (χ4v) is 5.57. The van der Waals surface area contributed by atoms with Crippen LogP contribution in [0.25, 0.3) is 0 Å². The maximum atomic E-state index is 6.15. The smallest absolute Gasteiger partial charge is 0.329 e. The van der Waals surface area contributed by atoms with Crippen molar-refractivity contribution in [2.45, 2.75) is 92.9 Å². The summed E-state index contributed by atoms with van der Waals surface area (Å²) in [6, 6.07) is 16.2. The third kappa shape index (κ3) is 8.70. The van der Waals surface area contributed by atoms with Crippen LogP contribution in [0, 0.1) is 10.8 Å². The van der Waals surface area contributed by atoms with Crippen LogP contribution in [-0.2, 0) is 10.8 Å². The van der Waals surface area contributed by atoms with Gasteiger partial charge >= 0.3 is 12.0 Å². The van der Waals surface area contributed by atoms with Gasteiger partial charge in [-0.3, -0.25) is 0 Å². The maximum absolute atomic E-state index is 6.15. The van der Waals surface area contributed by atoms with Gasteiger partial charge in [0.2, 0.25) is 5.28 Å². The van der Waals surface area contributed by atoms with Crippen molar-refractivity contribution in [2.75, 3.05) is 0 Å². The standard InChI is InChI=1S/C31H42ClN3O2/c1-28(2,3)19-30(7,8)21-11-15-23(16-12-21)36-26-33-25(32)34-27(35-26)37-24-17-13-22(14-18-24)31(9,10)20-29(4,5)6/h11-18H,19-20H2,1-10H3. The van der Waals surface area contributed by atoms with E-state index < -0.39 is 0 Å². The minimum Gasteiger partial charge on any atom is -0.424 e. The summed E-state index contributed by atoms with van der Waals surface area (Å²) in [5.74, 6) is 1.24. The minimum atomic E-state index is 0.00543. The van der Waals surface area contributed by atoms with Gasteiger partial charge in [0.1, 0.15) is 11.5 Å². The molecule has 1 aromatic heterocycles. The highest BCUT2D eigenvalue weighted by atomic mass is 35.5. The molecule has 200 valence electrons. The fraction of sp³-hybridized carbons (Fsp3) is 0.516. The zero-order chi connectivity index (χ0) is 27.6. The Balaban J connectivity index is 1.72. The first-order valence-electron chi connectivity index (χ1n) is 12.9. The highest BCUT2D eigenvalue weighted by Crippen LogP contribution is 2.38. The minimum absolute atomic E-state index is 0.00543. The van der Waals surface area contributed by atoms with Crippen LogP contribution < -0.4 is 9.47 Å². The van der Waals surface area contributed by atoms with E-state index in [4.69, 9.17) is 21.1 Å². The van der Waals surface area contributed by atoms with E-state index in [2.05, 4.69) is 108 Å². The number of aromatic nitrogens is 3. The molecule has 0 spiro atoms. The van der Waals surface area contributed by atoms with Crippen molar-refractivity contribution >= 4 is 11.6 Å². The number of hydrogen-bond donors (Lipinski definition) is 0. The van der Waals surface area contributed by atoms with Crippen LogP contribution in [0.3, 0.4) is 0 Å². The molecule has 0 aliphatic rings. The molecule has 3 rings (SSSR count). The Morgan fingerprint density at radius 1 is 0.541 bits per heavy atom. The van der Waals surface area contributed by atoms with Crippen molar-refractivity contribution in [3.8, 4) is 23.5 Å². The monoisotopic (exact) mass is 523 g/mol. The predicted molar refractivity (Wildman–Crippen MR) is 152 cm³/mol. The van der Waals surface area contributed by atoms with Gasteiger partial charge in [-0.05, 0) is 81.5 Å². The van der Waals surface area contributed by atoms with Crippen molar-refractivity contribution in [2.24, 2.45) is 10.8 Å². The topological polar surface area (TPSA) is 57.1 Å². The molecule has 5 nitrogen and oxygen atoms in total. The highest BCUT2D eigenvalue weighted by molar-refractivity contribution is 6.28. The number of ether oxygens (including phenoxy) is 2. The molecule has 0 saturated heterocycles. The van der Waals surface area contributed by atoms with E-state index in [1.165, 1.54) is 11.1 Å². The first-order valence-corrected chi connectivity index (χ1v) is 13.3. The molecule has 3 aromatic rings. The summed E-state index contributed by atoms with van der Waals surface area (Å²) in [6.07, 6.45) is 2.14. The maximum Gasteiger partial charge on any atom is 0.329 e. The summed E-state index contributed by atoms with van der Waals surface area (Å²) in [6.45, 7) is 22.6. The SMILES string of the molecule is CC(C)(C)CC(C)(C)c1ccc(Oc2nc(Cl)nc(Oc3ccc(C(C)(C)CC(C)(C)C)cc3)n2)cc1. The van der Waals surface area contributed by atoms with E-state index in [1.54, 1.807) is 0 Å². The lowest BCUT2D eigenvalue weighted by Crippen LogP contribution is -2.24. The zero-order valence-electron chi connectivity index (χ0n) is 24.1. The van der Waals surface area contributed by atoms with Gasteiger partial charge in [-0.15, -0.1) is 4.98 Å². The van der Waals surface area contributed by atoms with Crippen molar-refractivity contribution in [3.63, 3.8) is 0 Å². The van der Waals surface area contributed by atoms with Crippen LogP contribution in [-0.4, -0.2) is 15.0 Å². The molecule has 0 amide bonds. The lowest BCUT2D eigenvalue weighted by Gasteiger charge is -2.33. The molecule has 0 radical (unpaired) electrons. The average Bonchev–Trinajstić information content (AvgIpc) is 2.71. The van der Waals surface area contributed by atoms with E-state index in [0.29, 0.717) is 11.5 Å². The predicted octanol–water partition coefficient (Wildman–Crippen LogP) is 9.54. The van der Waals surface area contributed by atoms with E-state index in [0.717, 1.165) is 12.8 Å². The Labute approximate surface area is 228 Å². The van der Waals surface area contributed by atoms with Gasteiger partial charge in [0, 0.05) is 0 Å². The van der Waals surface area contributed by atoms with Crippen molar-refractivity contribution in [1.29, 1.82) is 0 Å². The third-order valence-corrected chi connectivity index (χ3v) is 6.37. The summed E-state index contributed by atoms with van der Waals surface area (Å²) < 4.78 is 11.8. The number of rotatable bonds is 8. The van der Waals surface area contributed by atoms with Crippen LogP contribution in [0.2, 0.25) is 5.28 Å². The number of halogens is 1. The second-order valence-corrected chi connectivity index (χ2v) is 14.0. The lowest BCUT2D eigenvalue weighted by molar-refractivity contribution is 0.283. The normalized spacial score (nSPS) is 12.9. The molecule has 6 heteroatoms. The summed E-state index contributed by atoms with van der Waals surface area (Å²) in [7, 11) is 0. The van der Waals surface area contributed by atoms with Crippen molar-refractivity contribution < 1.29 is 9.47 Å². The summed E-state index contributed by atoms with van der Waals surface area (Å²) in [5, 5.41) is 0.00543. The van der Waals surface area contributed by atoms with Crippen molar-refractivity contribution in [1.82, 2.24) is 15.0 Å². The van der Waals surface area contributed by atoms with E-state index >= 15 is 0 Å². The van der Waals surface area contributed by atoms with E-state index in [1.807, 2.05) is 24.3 Å². The molecule has 0 bridgehead atoms. The molecule has 37 heavy (non-hydrogen) atoms. The van der Waals surface area contributed by atoms with Gasteiger partial charge in [-0.25, -0.2) is 0 Å². The number of hydrogen-bond acceptors (Lipinski definition) is 5. The summed E-state index contributed by atoms with van der Waals surface area (Å²) >= 11 is 6.15. The number of nitrogens with zero attached hydrogens (tertiary/aromatic N) is 3. The fourth-order valence-electron chi connectivity index (χ4n) is 5.42. The van der Waals surface area contributed by atoms with Crippen LogP contribution in [0.4, 0.5) is 0 Å². The number of benzene rings is 2. The lowest BCUT2D eigenvalue weighted by atomic mass is 9.72. The van der Waals surface area contributed by atoms with Crippen LogP contribution in [0.15, 0.2) is 48.5 Å². The second-order valence-electron chi connectivity index (χ2n) is 13.7. The molecule has 0 N–H and O–H groups in total.